The minimum atomic E-state index is -3.41. The molecule has 0 saturated heterocycles. The zero-order chi connectivity index (χ0) is 15.4. The van der Waals surface area contributed by atoms with Crippen LogP contribution in [-0.2, 0) is 10.0 Å². The highest BCUT2D eigenvalue weighted by Crippen LogP contribution is 2.15. The molecule has 0 radical (unpaired) electrons. The number of nitrogens with zero attached hydrogens (tertiary/aromatic N) is 1. The molecule has 0 aliphatic rings. The van der Waals surface area contributed by atoms with Crippen molar-refractivity contribution in [3.63, 3.8) is 0 Å². The van der Waals surface area contributed by atoms with Crippen molar-refractivity contribution in [2.45, 2.75) is 17.4 Å². The molecule has 7 heteroatoms. The van der Waals surface area contributed by atoms with Crippen LogP contribution in [-0.4, -0.2) is 58.3 Å². The van der Waals surface area contributed by atoms with E-state index >= 15 is 0 Å². The van der Waals surface area contributed by atoms with Crippen molar-refractivity contribution in [3.8, 4) is 0 Å². The van der Waals surface area contributed by atoms with Crippen LogP contribution >= 0.6 is 0 Å². The van der Waals surface area contributed by atoms with E-state index in [9.17, 15) is 13.5 Å². The molecule has 0 heterocycles. The largest absolute Gasteiger partial charge is 0.387 e. The summed E-state index contributed by atoms with van der Waals surface area (Å²) in [6, 6.07) is 6.40. The van der Waals surface area contributed by atoms with Gasteiger partial charge in [0.25, 0.3) is 0 Å². The fourth-order valence-electron chi connectivity index (χ4n) is 1.90. The number of benzene rings is 1. The van der Waals surface area contributed by atoms with E-state index in [-0.39, 0.29) is 4.90 Å². The molecule has 0 spiro atoms. The Morgan fingerprint density at radius 1 is 1.25 bits per heavy atom. The average Bonchev–Trinajstić information content (AvgIpc) is 2.35. The van der Waals surface area contributed by atoms with Gasteiger partial charge in [-0.2, -0.15) is 0 Å². The third-order valence-corrected chi connectivity index (χ3v) is 4.19. The van der Waals surface area contributed by atoms with Crippen LogP contribution in [0.2, 0.25) is 0 Å². The number of aliphatic hydroxyl groups is 1. The zero-order valence-corrected chi connectivity index (χ0v) is 13.2. The second-order valence-corrected chi connectivity index (χ2v) is 7.21. The molecule has 1 aromatic carbocycles. The minimum Gasteiger partial charge on any atom is -0.387 e. The van der Waals surface area contributed by atoms with Gasteiger partial charge in [0.2, 0.25) is 10.0 Å². The summed E-state index contributed by atoms with van der Waals surface area (Å²) in [5, 5.41) is 13.3. The Labute approximate surface area is 120 Å². The molecule has 3 N–H and O–H groups in total. The lowest BCUT2D eigenvalue weighted by Gasteiger charge is -2.27. The number of rotatable bonds is 7. The molecule has 0 aromatic heterocycles. The summed E-state index contributed by atoms with van der Waals surface area (Å²) >= 11 is 0. The summed E-state index contributed by atoms with van der Waals surface area (Å²) in [5.41, 5.74) is -0.0988. The summed E-state index contributed by atoms with van der Waals surface area (Å²) in [7, 11) is 1.76. The molecule has 0 fully saturated rings. The lowest BCUT2D eigenvalue weighted by atomic mass is 10.1. The van der Waals surface area contributed by atoms with Crippen molar-refractivity contribution in [1.82, 2.24) is 9.62 Å². The van der Waals surface area contributed by atoms with E-state index in [1.165, 1.54) is 19.2 Å². The quantitative estimate of drug-likeness (QED) is 0.676. The molecule has 1 atom stereocenters. The van der Waals surface area contributed by atoms with E-state index in [1.807, 2.05) is 19.0 Å². The van der Waals surface area contributed by atoms with E-state index < -0.39 is 15.6 Å². The van der Waals surface area contributed by atoms with Crippen molar-refractivity contribution < 1.29 is 13.5 Å². The SMILES string of the molecule is CNS(=O)(=O)c1ccc(NCC(C)(O)CN(C)C)cc1. The monoisotopic (exact) mass is 301 g/mol. The van der Waals surface area contributed by atoms with Crippen molar-refractivity contribution in [2.24, 2.45) is 0 Å². The molecule has 0 amide bonds. The molecule has 1 rings (SSSR count). The maximum Gasteiger partial charge on any atom is 0.240 e. The highest BCUT2D eigenvalue weighted by molar-refractivity contribution is 7.89. The molecule has 6 nitrogen and oxygen atoms in total. The van der Waals surface area contributed by atoms with Crippen LogP contribution in [0.4, 0.5) is 5.69 Å². The van der Waals surface area contributed by atoms with Crippen molar-refractivity contribution >= 4 is 15.7 Å². The summed E-state index contributed by atoms with van der Waals surface area (Å²) < 4.78 is 25.4. The van der Waals surface area contributed by atoms with Gasteiger partial charge in [-0.15, -0.1) is 0 Å². The molecule has 114 valence electrons. The van der Waals surface area contributed by atoms with Crippen LogP contribution in [0.1, 0.15) is 6.92 Å². The first-order chi connectivity index (χ1) is 9.16. The van der Waals surface area contributed by atoms with Crippen molar-refractivity contribution in [1.29, 1.82) is 0 Å². The van der Waals surface area contributed by atoms with Gasteiger partial charge < -0.3 is 15.3 Å². The minimum absolute atomic E-state index is 0.214. The lowest BCUT2D eigenvalue weighted by Crippen LogP contribution is -2.43. The summed E-state index contributed by atoms with van der Waals surface area (Å²) in [6.45, 7) is 2.66. The first-order valence-electron chi connectivity index (χ1n) is 6.31. The van der Waals surface area contributed by atoms with E-state index in [0.29, 0.717) is 13.1 Å². The van der Waals surface area contributed by atoms with Gasteiger partial charge in [0.15, 0.2) is 0 Å². The van der Waals surface area contributed by atoms with Crippen LogP contribution in [0.15, 0.2) is 29.2 Å². The second-order valence-electron chi connectivity index (χ2n) is 5.32. The van der Waals surface area contributed by atoms with E-state index in [2.05, 4.69) is 10.0 Å². The number of anilines is 1. The Balaban J connectivity index is 2.67. The molecule has 0 bridgehead atoms. The summed E-state index contributed by atoms with van der Waals surface area (Å²) in [5.74, 6) is 0. The fraction of sp³-hybridized carbons (Fsp3) is 0.538. The highest BCUT2D eigenvalue weighted by Gasteiger charge is 2.21. The van der Waals surface area contributed by atoms with E-state index in [0.717, 1.165) is 5.69 Å². The first kappa shape index (κ1) is 16.9. The third kappa shape index (κ3) is 5.09. The first-order valence-corrected chi connectivity index (χ1v) is 7.79. The van der Waals surface area contributed by atoms with Crippen LogP contribution in [0.5, 0.6) is 0 Å². The predicted molar refractivity (Wildman–Crippen MR) is 80.4 cm³/mol. The molecule has 1 aromatic rings. The van der Waals surface area contributed by atoms with E-state index in [4.69, 9.17) is 0 Å². The van der Waals surface area contributed by atoms with Crippen LogP contribution in [0.25, 0.3) is 0 Å². The number of hydrogen-bond acceptors (Lipinski definition) is 5. The molecule has 20 heavy (non-hydrogen) atoms. The maximum atomic E-state index is 11.6. The van der Waals surface area contributed by atoms with Gasteiger partial charge in [-0.25, -0.2) is 13.1 Å². The van der Waals surface area contributed by atoms with Gasteiger partial charge in [-0.1, -0.05) is 0 Å². The summed E-state index contributed by atoms with van der Waals surface area (Å²) in [6.07, 6.45) is 0. The fourth-order valence-corrected chi connectivity index (χ4v) is 2.63. The standard InChI is InChI=1S/C13H23N3O3S/c1-13(17,10-16(3)4)9-15-11-5-7-12(8-6-11)20(18,19)14-2/h5-8,14-15,17H,9-10H2,1-4H3. The molecular formula is C13H23N3O3S. The van der Waals surface area contributed by atoms with Gasteiger partial charge in [0.1, 0.15) is 0 Å². The smallest absolute Gasteiger partial charge is 0.240 e. The van der Waals surface area contributed by atoms with Crippen LogP contribution in [0, 0.1) is 0 Å². The Kier molecular flexibility index (Phi) is 5.52. The normalized spacial score (nSPS) is 15.1. The Bertz CT molecular complexity index is 524. The summed E-state index contributed by atoms with van der Waals surface area (Å²) in [4.78, 5) is 2.12. The highest BCUT2D eigenvalue weighted by atomic mass is 32.2. The van der Waals surface area contributed by atoms with Gasteiger partial charge in [0, 0.05) is 18.8 Å². The Hall–Kier alpha value is -1.15. The topological polar surface area (TPSA) is 81.7 Å². The second kappa shape index (κ2) is 6.53. The molecule has 1 unspecified atom stereocenters. The van der Waals surface area contributed by atoms with Gasteiger partial charge in [-0.3, -0.25) is 0 Å². The molecule has 0 saturated carbocycles. The van der Waals surface area contributed by atoms with Gasteiger partial charge >= 0.3 is 0 Å². The number of likely N-dealkylation sites (N-methyl/N-ethyl adjacent to an activating group) is 1. The zero-order valence-electron chi connectivity index (χ0n) is 12.3. The predicted octanol–water partition coefficient (Wildman–Crippen LogP) is 0.319. The number of sulfonamides is 1. The number of hydrogen-bond donors (Lipinski definition) is 3. The van der Waals surface area contributed by atoms with Crippen molar-refractivity contribution in [3.05, 3.63) is 24.3 Å². The lowest BCUT2D eigenvalue weighted by molar-refractivity contribution is 0.0460. The van der Waals surface area contributed by atoms with E-state index in [1.54, 1.807) is 19.1 Å². The average molecular weight is 301 g/mol. The maximum absolute atomic E-state index is 11.6. The molecule has 0 aliphatic heterocycles. The third-order valence-electron chi connectivity index (χ3n) is 2.76. The molecule has 0 aliphatic carbocycles. The van der Waals surface area contributed by atoms with Crippen molar-refractivity contribution in [2.75, 3.05) is 39.5 Å². The van der Waals surface area contributed by atoms with Crippen LogP contribution in [0.3, 0.4) is 0 Å². The Morgan fingerprint density at radius 2 is 1.80 bits per heavy atom. The van der Waals surface area contributed by atoms with Gasteiger partial charge in [-0.05, 0) is 52.3 Å². The Morgan fingerprint density at radius 3 is 2.25 bits per heavy atom. The van der Waals surface area contributed by atoms with Gasteiger partial charge in [0.05, 0.1) is 10.5 Å². The number of nitrogens with one attached hydrogen (secondary N) is 2. The van der Waals surface area contributed by atoms with Crippen LogP contribution < -0.4 is 10.0 Å². The molecular weight excluding hydrogens is 278 g/mol.